The molecule has 3 aromatic heterocycles. The fraction of sp³-hybridized carbons (Fsp3) is 0.536. The number of hydrogen-bond donors (Lipinski definition) is 1. The maximum atomic E-state index is 13.5. The molecule has 1 fully saturated rings. The largest absolute Gasteiger partial charge is 0.478 e. The van der Waals surface area contributed by atoms with Crippen LogP contribution in [0.2, 0.25) is 0 Å². The fourth-order valence-electron chi connectivity index (χ4n) is 5.13. The van der Waals surface area contributed by atoms with Gasteiger partial charge in [0.2, 0.25) is 5.95 Å². The van der Waals surface area contributed by atoms with Crippen LogP contribution in [0.4, 0.5) is 16.4 Å². The van der Waals surface area contributed by atoms with E-state index in [1.165, 1.54) is 32.6 Å². The number of methoxy groups -OCH3 is 1. The van der Waals surface area contributed by atoms with E-state index in [9.17, 15) is 9.59 Å². The molecule has 1 amide bonds. The van der Waals surface area contributed by atoms with Gasteiger partial charge in [0.15, 0.2) is 0 Å². The zero-order chi connectivity index (χ0) is 28.7. The average Bonchev–Trinajstić information content (AvgIpc) is 3.57. The van der Waals surface area contributed by atoms with E-state index in [-0.39, 0.29) is 17.3 Å². The van der Waals surface area contributed by atoms with E-state index in [1.54, 1.807) is 38.3 Å². The van der Waals surface area contributed by atoms with E-state index >= 15 is 0 Å². The van der Waals surface area contributed by atoms with Gasteiger partial charge in [-0.3, -0.25) is 4.79 Å². The topological polar surface area (TPSA) is 115 Å². The highest BCUT2D eigenvalue weighted by Crippen LogP contribution is 2.46. The first-order valence-electron chi connectivity index (χ1n) is 13.6. The highest BCUT2D eigenvalue weighted by Gasteiger charge is 2.45. The number of hydrogen-bond acceptors (Lipinski definition) is 10. The molecule has 0 aromatic carbocycles. The Kier molecular flexibility index (Phi) is 7.58. The molecular weight excluding hydrogens is 530 g/mol. The van der Waals surface area contributed by atoms with Gasteiger partial charge in [-0.15, -0.1) is 16.4 Å². The summed E-state index contributed by atoms with van der Waals surface area (Å²) in [7, 11) is 1.46. The lowest BCUT2D eigenvalue weighted by Gasteiger charge is -2.35. The van der Waals surface area contributed by atoms with Crippen molar-refractivity contribution in [2.24, 2.45) is 0 Å². The van der Waals surface area contributed by atoms with Gasteiger partial charge in [-0.2, -0.15) is 4.68 Å². The summed E-state index contributed by atoms with van der Waals surface area (Å²) in [6.07, 6.45) is 6.28. The Bertz CT molecular complexity index is 1400. The van der Waals surface area contributed by atoms with Crippen molar-refractivity contribution in [3.8, 4) is 16.5 Å². The van der Waals surface area contributed by atoms with E-state index in [0.29, 0.717) is 17.3 Å². The number of amides is 1. The van der Waals surface area contributed by atoms with Gasteiger partial charge in [0.1, 0.15) is 11.3 Å². The third kappa shape index (κ3) is 5.68. The van der Waals surface area contributed by atoms with Crippen LogP contribution in [-0.2, 0) is 10.3 Å². The Morgan fingerprint density at radius 1 is 1.18 bits per heavy atom. The Hall–Kier alpha value is -3.51. The van der Waals surface area contributed by atoms with Crippen molar-refractivity contribution in [1.82, 2.24) is 29.5 Å². The van der Waals surface area contributed by atoms with Gasteiger partial charge in [0.25, 0.3) is 11.8 Å². The second-order valence-electron chi connectivity index (χ2n) is 11.6. The average molecular weight is 568 g/mol. The molecule has 2 aliphatic heterocycles. The van der Waals surface area contributed by atoms with E-state index < -0.39 is 11.7 Å². The van der Waals surface area contributed by atoms with Crippen molar-refractivity contribution < 1.29 is 19.1 Å². The second-order valence-corrected chi connectivity index (χ2v) is 12.7. The molecule has 1 N–H and O–H groups in total. The zero-order valence-corrected chi connectivity index (χ0v) is 24.8. The lowest BCUT2D eigenvalue weighted by atomic mass is 10.0. The van der Waals surface area contributed by atoms with Crippen LogP contribution in [0, 0.1) is 0 Å². The molecule has 0 spiro atoms. The number of anilines is 2. The molecule has 11 nitrogen and oxygen atoms in total. The number of carbonyl (C=O) groups is 2. The Morgan fingerprint density at radius 3 is 2.60 bits per heavy atom. The summed E-state index contributed by atoms with van der Waals surface area (Å²) in [6.45, 7) is 13.5. The third-order valence-corrected chi connectivity index (χ3v) is 8.61. The first-order chi connectivity index (χ1) is 19.0. The number of ether oxygens (including phenoxy) is 2. The van der Waals surface area contributed by atoms with Crippen LogP contribution in [0.15, 0.2) is 24.5 Å². The summed E-state index contributed by atoms with van der Waals surface area (Å²) in [4.78, 5) is 41.3. The van der Waals surface area contributed by atoms with Gasteiger partial charge in [-0.1, -0.05) is 6.42 Å². The number of nitrogens with zero attached hydrogens (tertiary/aromatic N) is 6. The molecule has 0 saturated carbocycles. The van der Waals surface area contributed by atoms with Crippen molar-refractivity contribution in [3.05, 3.63) is 35.0 Å². The summed E-state index contributed by atoms with van der Waals surface area (Å²) < 4.78 is 11.8. The van der Waals surface area contributed by atoms with E-state index in [0.717, 1.165) is 46.2 Å². The number of rotatable bonds is 7. The minimum atomic E-state index is -0.664. The molecule has 3 aromatic rings. The van der Waals surface area contributed by atoms with Gasteiger partial charge < -0.3 is 24.6 Å². The summed E-state index contributed by atoms with van der Waals surface area (Å²) in [5.41, 5.74) is 0.807. The lowest BCUT2D eigenvalue weighted by Crippen LogP contribution is -2.44. The predicted molar refractivity (Wildman–Crippen MR) is 153 cm³/mol. The number of nitrogens with one attached hydrogen (secondary N) is 1. The highest BCUT2D eigenvalue weighted by molar-refractivity contribution is 7.16. The van der Waals surface area contributed by atoms with Gasteiger partial charge in [-0.05, 0) is 72.7 Å². The number of fused-ring (bicyclic) bond motifs is 1. The molecular formula is C28H37N7O4S. The summed E-state index contributed by atoms with van der Waals surface area (Å²) >= 11 is 1.59. The van der Waals surface area contributed by atoms with Crippen LogP contribution < -0.4 is 10.1 Å². The molecule has 5 rings (SSSR count). The van der Waals surface area contributed by atoms with E-state index in [1.807, 2.05) is 17.0 Å². The zero-order valence-electron chi connectivity index (χ0n) is 24.0. The smallest absolute Gasteiger partial charge is 0.435 e. The molecule has 0 bridgehead atoms. The quantitative estimate of drug-likeness (QED) is 0.416. The second kappa shape index (κ2) is 10.8. The van der Waals surface area contributed by atoms with Crippen molar-refractivity contribution >= 4 is 35.0 Å². The van der Waals surface area contributed by atoms with Crippen LogP contribution in [0.5, 0.6) is 5.88 Å². The Balaban J connectivity index is 1.32. The number of likely N-dealkylation sites (tertiary alicyclic amines) is 1. The first kappa shape index (κ1) is 28.0. The van der Waals surface area contributed by atoms with E-state index in [4.69, 9.17) is 9.47 Å². The maximum absolute atomic E-state index is 13.5. The van der Waals surface area contributed by atoms with Crippen LogP contribution in [0.1, 0.15) is 69.1 Å². The van der Waals surface area contributed by atoms with Crippen LogP contribution in [0.3, 0.4) is 0 Å². The summed E-state index contributed by atoms with van der Waals surface area (Å²) in [5.74, 6) is 0.583. The minimum absolute atomic E-state index is 0.0752. The van der Waals surface area contributed by atoms with Crippen LogP contribution in [0.25, 0.3) is 10.6 Å². The molecule has 40 heavy (non-hydrogen) atoms. The summed E-state index contributed by atoms with van der Waals surface area (Å²) in [5, 5.41) is 7.25. The predicted octanol–water partition coefficient (Wildman–Crippen LogP) is 5.11. The summed E-state index contributed by atoms with van der Waals surface area (Å²) in [6, 6.07) is 3.76. The molecule has 5 heterocycles. The fourth-order valence-corrected chi connectivity index (χ4v) is 6.36. The molecule has 0 radical (unpaired) electrons. The SMILES string of the molecule is COc1nn(C(=O)OC(C)(C)C)cc1Nc1nccc(-c2cc3c(s2)C(C)(C)N(CCN2CCCCC2)C3=O)n1. The van der Waals surface area contributed by atoms with Gasteiger partial charge >= 0.3 is 6.09 Å². The van der Waals surface area contributed by atoms with Crippen molar-refractivity contribution in [3.63, 3.8) is 0 Å². The highest BCUT2D eigenvalue weighted by atomic mass is 32.1. The van der Waals surface area contributed by atoms with Gasteiger partial charge in [-0.25, -0.2) is 14.8 Å². The minimum Gasteiger partial charge on any atom is -0.478 e. The third-order valence-electron chi connectivity index (χ3n) is 7.14. The van der Waals surface area contributed by atoms with Crippen molar-refractivity contribution in [2.75, 3.05) is 38.6 Å². The molecule has 0 unspecified atom stereocenters. The van der Waals surface area contributed by atoms with Gasteiger partial charge in [0, 0.05) is 24.2 Å². The molecule has 12 heteroatoms. The Labute approximate surface area is 238 Å². The van der Waals surface area contributed by atoms with Gasteiger partial charge in [0.05, 0.1) is 35.0 Å². The van der Waals surface area contributed by atoms with Crippen molar-refractivity contribution in [2.45, 2.75) is 65.0 Å². The Morgan fingerprint density at radius 2 is 1.93 bits per heavy atom. The molecule has 1 saturated heterocycles. The lowest BCUT2D eigenvalue weighted by molar-refractivity contribution is 0.0511. The molecule has 2 aliphatic rings. The monoisotopic (exact) mass is 567 g/mol. The van der Waals surface area contributed by atoms with Crippen LogP contribution >= 0.6 is 11.3 Å². The normalized spacial score (nSPS) is 17.1. The molecule has 214 valence electrons. The van der Waals surface area contributed by atoms with E-state index in [2.05, 4.69) is 39.1 Å². The van der Waals surface area contributed by atoms with Crippen LogP contribution in [-0.4, -0.2) is 80.4 Å². The molecule has 0 atom stereocenters. The first-order valence-corrected chi connectivity index (χ1v) is 14.4. The maximum Gasteiger partial charge on any atom is 0.435 e. The number of carbonyl (C=O) groups excluding carboxylic acids is 2. The standard InChI is InChI=1S/C28H37N7O4S/c1-27(2,3)39-26(37)35-17-20(23(32-35)38-6)31-25-29-11-10-19(30-25)21-16-18-22(40-21)28(4,5)34(24(18)36)15-14-33-12-8-7-9-13-33/h10-11,16-17H,7-9,12-15H2,1-6H3,(H,29,30,31). The van der Waals surface area contributed by atoms with Crippen molar-refractivity contribution in [1.29, 1.82) is 0 Å². The number of aromatic nitrogens is 4. The number of thiophene rings is 1. The number of piperidine rings is 1. The molecule has 0 aliphatic carbocycles.